The van der Waals surface area contributed by atoms with E-state index in [1.165, 1.54) is 11.1 Å². The van der Waals surface area contributed by atoms with Crippen LogP contribution in [-0.4, -0.2) is 41.1 Å². The standard InChI is InChI=1S/C33H54O4Si2/c1-25-22-28(34-23-26-18-14-12-15-19-26)30(36-38(8,9)32(2,3)4)31(37-39(10,11)33(5,6)7)29(25)35-24-27-20-16-13-17-21-27/h12-21,25,28-31H,22-24H2,1-11H3/t25-,28+,29+,30+,31+/m0/s1. The summed E-state index contributed by atoms with van der Waals surface area (Å²) in [7, 11) is -4.30. The molecule has 1 aliphatic carbocycles. The van der Waals surface area contributed by atoms with Crippen LogP contribution in [0, 0.1) is 5.92 Å². The third-order valence-electron chi connectivity index (χ3n) is 9.24. The van der Waals surface area contributed by atoms with Crippen molar-refractivity contribution in [2.45, 2.75) is 129 Å². The van der Waals surface area contributed by atoms with E-state index in [-0.39, 0.29) is 40.4 Å². The third-order valence-corrected chi connectivity index (χ3v) is 18.2. The zero-order valence-electron chi connectivity index (χ0n) is 26.4. The Kier molecular flexibility index (Phi) is 10.5. The van der Waals surface area contributed by atoms with E-state index in [2.05, 4.69) is 123 Å². The van der Waals surface area contributed by atoms with Crippen molar-refractivity contribution >= 4 is 16.6 Å². The minimum atomic E-state index is -2.15. The van der Waals surface area contributed by atoms with Gasteiger partial charge in [0.15, 0.2) is 16.6 Å². The van der Waals surface area contributed by atoms with Gasteiger partial charge < -0.3 is 18.3 Å². The van der Waals surface area contributed by atoms with Crippen LogP contribution in [-0.2, 0) is 31.5 Å². The second kappa shape index (κ2) is 12.7. The molecule has 0 aliphatic heterocycles. The molecule has 0 heterocycles. The predicted octanol–water partition coefficient (Wildman–Crippen LogP) is 8.98. The first-order valence-corrected chi connectivity index (χ1v) is 20.5. The molecule has 2 aromatic carbocycles. The quantitative estimate of drug-likeness (QED) is 0.267. The molecule has 5 atom stereocenters. The Labute approximate surface area is 241 Å². The van der Waals surface area contributed by atoms with Crippen molar-refractivity contribution in [1.82, 2.24) is 0 Å². The molecule has 1 fully saturated rings. The molecule has 1 aliphatic rings. The highest BCUT2D eigenvalue weighted by Crippen LogP contribution is 2.45. The van der Waals surface area contributed by atoms with Crippen LogP contribution in [0.15, 0.2) is 60.7 Å². The SMILES string of the molecule is C[C@H]1C[C@@H](OCc2ccccc2)[C@@H](O[Si](C)(C)C(C)(C)C)[C@H](O[Si](C)(C)C(C)(C)C)[C@@H]1OCc1ccccc1. The second-order valence-electron chi connectivity index (χ2n) is 14.5. The van der Waals surface area contributed by atoms with Crippen molar-refractivity contribution in [1.29, 1.82) is 0 Å². The topological polar surface area (TPSA) is 36.9 Å². The van der Waals surface area contributed by atoms with Crippen molar-refractivity contribution < 1.29 is 18.3 Å². The van der Waals surface area contributed by atoms with Gasteiger partial charge in [-0.3, -0.25) is 0 Å². The zero-order chi connectivity index (χ0) is 29.1. The smallest absolute Gasteiger partial charge is 0.192 e. The summed E-state index contributed by atoms with van der Waals surface area (Å²) in [6.45, 7) is 26.6. The molecule has 4 nitrogen and oxygen atoms in total. The Balaban J connectivity index is 2.00. The number of benzene rings is 2. The molecular formula is C33H54O4Si2. The highest BCUT2D eigenvalue weighted by atomic mass is 28.4. The van der Waals surface area contributed by atoms with Crippen LogP contribution >= 0.6 is 0 Å². The first kappa shape index (κ1) is 32.2. The highest BCUT2D eigenvalue weighted by molar-refractivity contribution is 6.74. The van der Waals surface area contributed by atoms with Crippen LogP contribution < -0.4 is 0 Å². The maximum atomic E-state index is 7.30. The summed E-state index contributed by atoms with van der Waals surface area (Å²) in [5.41, 5.74) is 2.36. The van der Waals surface area contributed by atoms with Crippen molar-refractivity contribution in [2.24, 2.45) is 5.92 Å². The minimum Gasteiger partial charge on any atom is -0.409 e. The molecule has 0 bridgehead atoms. The Morgan fingerprint density at radius 2 is 1.03 bits per heavy atom. The second-order valence-corrected chi connectivity index (χ2v) is 24.0. The first-order valence-electron chi connectivity index (χ1n) is 14.7. The monoisotopic (exact) mass is 570 g/mol. The van der Waals surface area contributed by atoms with Gasteiger partial charge in [0.2, 0.25) is 0 Å². The van der Waals surface area contributed by atoms with Crippen molar-refractivity contribution in [3.8, 4) is 0 Å². The van der Waals surface area contributed by atoms with E-state index < -0.39 is 16.6 Å². The fourth-order valence-corrected chi connectivity index (χ4v) is 7.26. The summed E-state index contributed by atoms with van der Waals surface area (Å²) in [5.74, 6) is 0.267. The molecular weight excluding hydrogens is 517 g/mol. The van der Waals surface area contributed by atoms with Crippen LogP contribution in [0.2, 0.25) is 36.3 Å². The summed E-state index contributed by atoms with van der Waals surface area (Å²) in [6.07, 6.45) is 0.337. The maximum absolute atomic E-state index is 7.30. The van der Waals surface area contributed by atoms with Crippen molar-refractivity contribution in [2.75, 3.05) is 0 Å². The zero-order valence-corrected chi connectivity index (χ0v) is 28.4. The lowest BCUT2D eigenvalue weighted by atomic mass is 9.81. The van der Waals surface area contributed by atoms with E-state index in [4.69, 9.17) is 18.3 Å². The summed E-state index contributed by atoms with van der Waals surface area (Å²) < 4.78 is 28.1. The van der Waals surface area contributed by atoms with Gasteiger partial charge >= 0.3 is 0 Å². The van der Waals surface area contributed by atoms with E-state index in [1.54, 1.807) is 0 Å². The average Bonchev–Trinajstić information content (AvgIpc) is 2.84. The molecule has 0 radical (unpaired) electrons. The predicted molar refractivity (Wildman–Crippen MR) is 168 cm³/mol. The molecule has 0 aromatic heterocycles. The van der Waals surface area contributed by atoms with Gasteiger partial charge in [0.25, 0.3) is 0 Å². The lowest BCUT2D eigenvalue weighted by molar-refractivity contribution is -0.181. The van der Waals surface area contributed by atoms with Gasteiger partial charge in [-0.25, -0.2) is 0 Å². The van der Waals surface area contributed by atoms with Crippen LogP contribution in [0.3, 0.4) is 0 Å². The van der Waals surface area contributed by atoms with Gasteiger partial charge in [-0.2, -0.15) is 0 Å². The normalized spacial score (nSPS) is 25.1. The molecule has 0 saturated heterocycles. The largest absolute Gasteiger partial charge is 0.409 e. The Morgan fingerprint density at radius 3 is 1.46 bits per heavy atom. The Morgan fingerprint density at radius 1 is 0.615 bits per heavy atom. The number of hydrogen-bond donors (Lipinski definition) is 0. The minimum absolute atomic E-state index is 0.0688. The molecule has 1 saturated carbocycles. The summed E-state index contributed by atoms with van der Waals surface area (Å²) in [4.78, 5) is 0. The van der Waals surface area contributed by atoms with Crippen LogP contribution in [0.4, 0.5) is 0 Å². The molecule has 0 spiro atoms. The fraction of sp³-hybridized carbons (Fsp3) is 0.636. The Bertz CT molecular complexity index is 1010. The molecule has 0 N–H and O–H groups in total. The first-order chi connectivity index (χ1) is 18.0. The third kappa shape index (κ3) is 8.37. The number of rotatable bonds is 10. The van der Waals surface area contributed by atoms with Gasteiger partial charge in [0, 0.05) is 0 Å². The van der Waals surface area contributed by atoms with Crippen molar-refractivity contribution in [3.63, 3.8) is 0 Å². The lowest BCUT2D eigenvalue weighted by Gasteiger charge is -2.52. The van der Waals surface area contributed by atoms with Crippen LogP contribution in [0.1, 0.15) is 66.0 Å². The summed E-state index contributed by atoms with van der Waals surface area (Å²) >= 11 is 0. The van der Waals surface area contributed by atoms with E-state index in [0.29, 0.717) is 13.2 Å². The van der Waals surface area contributed by atoms with Gasteiger partial charge in [-0.05, 0) is 59.7 Å². The van der Waals surface area contributed by atoms with Crippen LogP contribution in [0.25, 0.3) is 0 Å². The average molecular weight is 571 g/mol. The van der Waals surface area contributed by atoms with E-state index in [0.717, 1.165) is 6.42 Å². The molecule has 0 unspecified atom stereocenters. The molecule has 39 heavy (non-hydrogen) atoms. The van der Waals surface area contributed by atoms with E-state index in [9.17, 15) is 0 Å². The molecule has 218 valence electrons. The fourth-order valence-electron chi connectivity index (χ4n) is 4.63. The Hall–Kier alpha value is -1.29. The molecule has 0 amide bonds. The van der Waals surface area contributed by atoms with Gasteiger partial charge in [-0.15, -0.1) is 0 Å². The number of ether oxygens (including phenoxy) is 2. The lowest BCUT2D eigenvalue weighted by Crippen LogP contribution is -2.63. The maximum Gasteiger partial charge on any atom is 0.192 e. The molecule has 2 aromatic rings. The van der Waals surface area contributed by atoms with Gasteiger partial charge in [-0.1, -0.05) is 109 Å². The van der Waals surface area contributed by atoms with Crippen LogP contribution in [0.5, 0.6) is 0 Å². The van der Waals surface area contributed by atoms with Gasteiger partial charge in [0.05, 0.1) is 37.6 Å². The molecule has 6 heteroatoms. The summed E-state index contributed by atoms with van der Waals surface area (Å²) in [6, 6.07) is 20.9. The van der Waals surface area contributed by atoms with E-state index >= 15 is 0 Å². The van der Waals surface area contributed by atoms with Crippen molar-refractivity contribution in [3.05, 3.63) is 71.8 Å². The molecule has 3 rings (SSSR count). The van der Waals surface area contributed by atoms with E-state index in [1.807, 2.05) is 12.1 Å². The summed E-state index contributed by atoms with van der Waals surface area (Å²) in [5, 5.41) is 0.140. The number of hydrogen-bond acceptors (Lipinski definition) is 4. The highest BCUT2D eigenvalue weighted by Gasteiger charge is 2.53. The van der Waals surface area contributed by atoms with Gasteiger partial charge in [0.1, 0.15) is 0 Å².